The maximum absolute atomic E-state index is 12.9. The number of pyridine rings is 1. The lowest BCUT2D eigenvalue weighted by molar-refractivity contribution is 0.368. The van der Waals surface area contributed by atoms with Crippen LogP contribution >= 0.6 is 0 Å². The molecule has 0 aliphatic heterocycles. The molecule has 6 nitrogen and oxygen atoms in total. The van der Waals surface area contributed by atoms with Gasteiger partial charge in [-0.2, -0.15) is 10.4 Å². The van der Waals surface area contributed by atoms with Crippen molar-refractivity contribution in [1.82, 2.24) is 4.57 Å². The minimum Gasteiger partial charge on any atom is -0.493 e. The van der Waals surface area contributed by atoms with Crippen LogP contribution in [0.4, 0.5) is 11.4 Å². The first-order chi connectivity index (χ1) is 12.4. The van der Waals surface area contributed by atoms with Gasteiger partial charge in [0.1, 0.15) is 11.6 Å². The zero-order chi connectivity index (χ0) is 18.8. The van der Waals surface area contributed by atoms with Gasteiger partial charge in [0, 0.05) is 11.6 Å². The van der Waals surface area contributed by atoms with Gasteiger partial charge in [-0.05, 0) is 56.9 Å². The van der Waals surface area contributed by atoms with Gasteiger partial charge >= 0.3 is 0 Å². The summed E-state index contributed by atoms with van der Waals surface area (Å²) in [6, 6.07) is 7.59. The Kier molecular flexibility index (Phi) is 4.90. The molecule has 6 heteroatoms. The number of aryl methyl sites for hydroxylation is 2. The van der Waals surface area contributed by atoms with Crippen LogP contribution in [0.3, 0.4) is 0 Å². The SMILES string of the molecule is Cc1ccc(N=Nc2c(C)c(C#N)c(O)n(C3CCCC3)c2=O)cc1C. The molecule has 0 radical (unpaired) electrons. The molecular weight excluding hydrogens is 328 g/mol. The molecule has 0 unspecified atom stereocenters. The fraction of sp³-hybridized carbons (Fsp3) is 0.400. The lowest BCUT2D eigenvalue weighted by Crippen LogP contribution is -2.24. The van der Waals surface area contributed by atoms with Crippen LogP contribution in [0, 0.1) is 32.1 Å². The molecule has 1 aromatic carbocycles. The van der Waals surface area contributed by atoms with E-state index in [0.717, 1.165) is 36.8 Å². The van der Waals surface area contributed by atoms with Gasteiger partial charge in [-0.3, -0.25) is 9.36 Å². The maximum Gasteiger partial charge on any atom is 0.281 e. The summed E-state index contributed by atoms with van der Waals surface area (Å²) < 4.78 is 1.33. The Balaban J connectivity index is 2.12. The third kappa shape index (κ3) is 3.13. The van der Waals surface area contributed by atoms with E-state index in [1.165, 1.54) is 4.57 Å². The zero-order valence-electron chi connectivity index (χ0n) is 15.3. The van der Waals surface area contributed by atoms with Crippen LogP contribution in [0.2, 0.25) is 0 Å². The molecule has 1 aliphatic rings. The van der Waals surface area contributed by atoms with Gasteiger partial charge in [-0.25, -0.2) is 0 Å². The number of hydrogen-bond acceptors (Lipinski definition) is 5. The molecule has 1 N–H and O–H groups in total. The molecule has 0 bridgehead atoms. The van der Waals surface area contributed by atoms with Gasteiger partial charge in [0.15, 0.2) is 5.69 Å². The molecule has 1 fully saturated rings. The topological polar surface area (TPSA) is 90.7 Å². The van der Waals surface area contributed by atoms with E-state index in [1.807, 2.05) is 38.1 Å². The van der Waals surface area contributed by atoms with E-state index in [-0.39, 0.29) is 23.2 Å². The second kappa shape index (κ2) is 7.12. The first-order valence-electron chi connectivity index (χ1n) is 8.81. The van der Waals surface area contributed by atoms with Gasteiger partial charge < -0.3 is 5.11 Å². The molecular formula is C20H22N4O2. The minimum atomic E-state index is -0.390. The number of aromatic hydroxyl groups is 1. The van der Waals surface area contributed by atoms with Crippen LogP contribution in [0.25, 0.3) is 0 Å². The van der Waals surface area contributed by atoms with Gasteiger partial charge in [0.2, 0.25) is 5.88 Å². The lowest BCUT2D eigenvalue weighted by Gasteiger charge is -2.18. The van der Waals surface area contributed by atoms with Crippen LogP contribution in [0.5, 0.6) is 5.88 Å². The minimum absolute atomic E-state index is 0.0885. The van der Waals surface area contributed by atoms with Crippen molar-refractivity contribution in [2.75, 3.05) is 0 Å². The summed E-state index contributed by atoms with van der Waals surface area (Å²) in [5.74, 6) is -0.257. The van der Waals surface area contributed by atoms with Crippen LogP contribution < -0.4 is 5.56 Å². The summed E-state index contributed by atoms with van der Waals surface area (Å²) in [4.78, 5) is 12.9. The van der Waals surface area contributed by atoms with Crippen molar-refractivity contribution < 1.29 is 5.11 Å². The molecule has 2 aromatic rings. The number of benzene rings is 1. The Labute approximate surface area is 152 Å². The van der Waals surface area contributed by atoms with Crippen LogP contribution in [0.1, 0.15) is 54.0 Å². The molecule has 1 saturated carbocycles. The number of aromatic nitrogens is 1. The molecule has 1 aromatic heterocycles. The Morgan fingerprint density at radius 2 is 1.85 bits per heavy atom. The fourth-order valence-corrected chi connectivity index (χ4v) is 3.43. The largest absolute Gasteiger partial charge is 0.493 e. The number of nitrogens with zero attached hydrogens (tertiary/aromatic N) is 4. The molecule has 134 valence electrons. The van der Waals surface area contributed by atoms with Gasteiger partial charge in [0.05, 0.1) is 5.69 Å². The van der Waals surface area contributed by atoms with E-state index in [1.54, 1.807) is 6.92 Å². The van der Waals surface area contributed by atoms with E-state index >= 15 is 0 Å². The van der Waals surface area contributed by atoms with Gasteiger partial charge in [0.25, 0.3) is 5.56 Å². The highest BCUT2D eigenvalue weighted by Crippen LogP contribution is 2.35. The summed E-state index contributed by atoms with van der Waals surface area (Å²) in [6.45, 7) is 5.62. The van der Waals surface area contributed by atoms with Crippen molar-refractivity contribution in [2.45, 2.75) is 52.5 Å². The second-order valence-electron chi connectivity index (χ2n) is 6.87. The smallest absolute Gasteiger partial charge is 0.281 e. The molecule has 0 amide bonds. The van der Waals surface area contributed by atoms with Crippen molar-refractivity contribution in [3.63, 3.8) is 0 Å². The predicted octanol–water partition coefficient (Wildman–Crippen LogP) is 4.88. The summed E-state index contributed by atoms with van der Waals surface area (Å²) in [7, 11) is 0. The van der Waals surface area contributed by atoms with Crippen molar-refractivity contribution in [1.29, 1.82) is 5.26 Å². The van der Waals surface area contributed by atoms with E-state index < -0.39 is 5.56 Å². The summed E-state index contributed by atoms with van der Waals surface area (Å²) in [6.07, 6.45) is 3.64. The van der Waals surface area contributed by atoms with Crippen molar-refractivity contribution in [3.05, 3.63) is 50.8 Å². The van der Waals surface area contributed by atoms with Gasteiger partial charge in [-0.15, -0.1) is 5.11 Å². The summed E-state index contributed by atoms with van der Waals surface area (Å²) in [5, 5.41) is 28.2. The summed E-state index contributed by atoms with van der Waals surface area (Å²) >= 11 is 0. The molecule has 26 heavy (non-hydrogen) atoms. The average Bonchev–Trinajstić information content (AvgIpc) is 3.12. The Bertz CT molecular complexity index is 977. The first-order valence-corrected chi connectivity index (χ1v) is 8.81. The van der Waals surface area contributed by atoms with Crippen LogP contribution in [0.15, 0.2) is 33.2 Å². The Morgan fingerprint density at radius 1 is 1.15 bits per heavy atom. The highest BCUT2D eigenvalue weighted by atomic mass is 16.3. The number of azo groups is 1. The zero-order valence-corrected chi connectivity index (χ0v) is 15.3. The van der Waals surface area contributed by atoms with E-state index in [2.05, 4.69) is 10.2 Å². The first kappa shape index (κ1) is 17.9. The Hall–Kier alpha value is -2.94. The molecule has 0 atom stereocenters. The van der Waals surface area contributed by atoms with E-state index in [0.29, 0.717) is 11.3 Å². The average molecular weight is 350 g/mol. The lowest BCUT2D eigenvalue weighted by atomic mass is 10.1. The summed E-state index contributed by atoms with van der Waals surface area (Å²) in [5.41, 5.74) is 3.06. The Morgan fingerprint density at radius 3 is 2.46 bits per heavy atom. The number of hydrogen-bond donors (Lipinski definition) is 1. The molecule has 1 aliphatic carbocycles. The van der Waals surface area contributed by atoms with Gasteiger partial charge in [-0.1, -0.05) is 18.9 Å². The van der Waals surface area contributed by atoms with Crippen LogP contribution in [-0.4, -0.2) is 9.67 Å². The molecule has 1 heterocycles. The van der Waals surface area contributed by atoms with Crippen LogP contribution in [-0.2, 0) is 0 Å². The maximum atomic E-state index is 12.9. The normalized spacial score (nSPS) is 14.8. The number of nitriles is 1. The second-order valence-corrected chi connectivity index (χ2v) is 6.87. The number of rotatable bonds is 3. The third-order valence-electron chi connectivity index (χ3n) is 5.16. The fourth-order valence-electron chi connectivity index (χ4n) is 3.43. The molecule has 0 spiro atoms. The predicted molar refractivity (Wildman–Crippen MR) is 99.4 cm³/mol. The molecule has 0 saturated heterocycles. The highest BCUT2D eigenvalue weighted by Gasteiger charge is 2.26. The van der Waals surface area contributed by atoms with Crippen molar-refractivity contribution in [2.24, 2.45) is 10.2 Å². The van der Waals surface area contributed by atoms with E-state index in [4.69, 9.17) is 0 Å². The highest BCUT2D eigenvalue weighted by molar-refractivity contribution is 5.57. The third-order valence-corrected chi connectivity index (χ3v) is 5.16. The van der Waals surface area contributed by atoms with Crippen molar-refractivity contribution in [3.8, 4) is 11.9 Å². The van der Waals surface area contributed by atoms with E-state index in [9.17, 15) is 15.2 Å². The quantitative estimate of drug-likeness (QED) is 0.800. The standard InChI is InChI=1S/C20H22N4O2/c1-12-8-9-15(10-13(12)2)22-23-18-14(3)17(11-21)19(25)24(20(18)26)16-6-4-5-7-16/h8-10,16,25H,4-7H2,1-3H3. The molecule has 3 rings (SSSR count). The van der Waals surface area contributed by atoms with Crippen molar-refractivity contribution >= 4 is 11.4 Å². The monoisotopic (exact) mass is 350 g/mol.